The molecule has 2 aliphatic heterocycles. The quantitative estimate of drug-likeness (QED) is 0.650. The second-order valence-electron chi connectivity index (χ2n) is 8.67. The molecule has 5 rings (SSSR count). The Kier molecular flexibility index (Phi) is 5.06. The number of ether oxygens (including phenoxy) is 1. The first-order valence-corrected chi connectivity index (χ1v) is 10.8. The Morgan fingerprint density at radius 3 is 2.52 bits per heavy atom. The number of nitrogens with zero attached hydrogens (tertiary/aromatic N) is 5. The fourth-order valence-electron chi connectivity index (χ4n) is 4.93. The number of hydrogen-bond acceptors (Lipinski definition) is 6. The Labute approximate surface area is 181 Å². The summed E-state index contributed by atoms with van der Waals surface area (Å²) in [5, 5.41) is 8.98. The molecule has 1 fully saturated rings. The molecule has 4 heterocycles. The number of hydrogen-bond donors (Lipinski definition) is 0. The van der Waals surface area contributed by atoms with Crippen LogP contribution in [0.5, 0.6) is 5.88 Å². The third kappa shape index (κ3) is 3.53. The van der Waals surface area contributed by atoms with Gasteiger partial charge in [0, 0.05) is 35.8 Å². The lowest BCUT2D eigenvalue weighted by atomic mass is 9.76. The minimum Gasteiger partial charge on any atom is -0.481 e. The van der Waals surface area contributed by atoms with Gasteiger partial charge in [0.1, 0.15) is 5.82 Å². The number of rotatable bonds is 4. The van der Waals surface area contributed by atoms with Crippen LogP contribution in [0.15, 0.2) is 47.4 Å². The van der Waals surface area contributed by atoms with Crippen LogP contribution >= 0.6 is 0 Å². The second kappa shape index (κ2) is 7.89. The fraction of sp³-hybridized carbons (Fsp3) is 0.417. The van der Waals surface area contributed by atoms with Crippen LogP contribution in [0.2, 0.25) is 0 Å². The normalized spacial score (nSPS) is 17.6. The van der Waals surface area contributed by atoms with E-state index in [4.69, 9.17) is 4.74 Å². The SMILES string of the molecule is COc1ncccc1CN1CCC2(CC1)CCn1c2nnc(-c2ccc(C)cc2)c1=O. The summed E-state index contributed by atoms with van der Waals surface area (Å²) in [6, 6.07) is 11.9. The minimum absolute atomic E-state index is 0.0201. The highest BCUT2D eigenvalue weighted by Gasteiger charge is 2.44. The van der Waals surface area contributed by atoms with Crippen LogP contribution in [0.3, 0.4) is 0 Å². The lowest BCUT2D eigenvalue weighted by molar-refractivity contribution is 0.148. The molecule has 31 heavy (non-hydrogen) atoms. The van der Waals surface area contributed by atoms with Crippen molar-refractivity contribution in [3.05, 3.63) is 69.9 Å². The molecule has 0 unspecified atom stereocenters. The van der Waals surface area contributed by atoms with Crippen LogP contribution in [-0.2, 0) is 18.5 Å². The average Bonchev–Trinajstić information content (AvgIpc) is 3.16. The first kappa shape index (κ1) is 19.9. The van der Waals surface area contributed by atoms with E-state index in [1.807, 2.05) is 41.8 Å². The van der Waals surface area contributed by atoms with E-state index in [2.05, 4.69) is 26.1 Å². The third-order valence-corrected chi connectivity index (χ3v) is 6.81. The largest absolute Gasteiger partial charge is 0.481 e. The van der Waals surface area contributed by atoms with Crippen molar-refractivity contribution >= 4 is 0 Å². The van der Waals surface area contributed by atoms with Gasteiger partial charge in [0.25, 0.3) is 5.56 Å². The number of aromatic nitrogens is 4. The zero-order valence-corrected chi connectivity index (χ0v) is 18.0. The molecular formula is C24H27N5O2. The Morgan fingerprint density at radius 2 is 1.77 bits per heavy atom. The van der Waals surface area contributed by atoms with E-state index in [1.165, 1.54) is 0 Å². The highest BCUT2D eigenvalue weighted by Crippen LogP contribution is 2.42. The van der Waals surface area contributed by atoms with Gasteiger partial charge in [-0.1, -0.05) is 35.9 Å². The number of benzene rings is 1. The van der Waals surface area contributed by atoms with Crippen molar-refractivity contribution in [3.8, 4) is 17.1 Å². The third-order valence-electron chi connectivity index (χ3n) is 6.81. The van der Waals surface area contributed by atoms with Gasteiger partial charge in [-0.15, -0.1) is 10.2 Å². The van der Waals surface area contributed by atoms with Crippen LogP contribution in [0.1, 0.15) is 36.2 Å². The summed E-state index contributed by atoms with van der Waals surface area (Å²) in [6.07, 6.45) is 4.67. The van der Waals surface area contributed by atoms with Gasteiger partial charge in [-0.25, -0.2) is 4.98 Å². The molecule has 0 amide bonds. The number of pyridine rings is 1. The van der Waals surface area contributed by atoms with Crippen LogP contribution < -0.4 is 10.3 Å². The molecule has 0 atom stereocenters. The molecule has 1 aromatic carbocycles. The molecular weight excluding hydrogens is 390 g/mol. The van der Waals surface area contributed by atoms with Gasteiger partial charge < -0.3 is 4.74 Å². The minimum atomic E-state index is -0.0481. The Hall–Kier alpha value is -3.06. The zero-order valence-electron chi connectivity index (χ0n) is 18.0. The molecule has 2 aliphatic rings. The van der Waals surface area contributed by atoms with Gasteiger partial charge in [0.15, 0.2) is 5.69 Å². The van der Waals surface area contributed by atoms with Crippen LogP contribution in [0.25, 0.3) is 11.3 Å². The Morgan fingerprint density at radius 1 is 1.03 bits per heavy atom. The van der Waals surface area contributed by atoms with Gasteiger partial charge in [-0.2, -0.15) is 0 Å². The summed E-state index contributed by atoms with van der Waals surface area (Å²) >= 11 is 0. The van der Waals surface area contributed by atoms with E-state index < -0.39 is 0 Å². The Bertz CT molecular complexity index is 1150. The lowest BCUT2D eigenvalue weighted by Crippen LogP contribution is -2.42. The number of likely N-dealkylation sites (tertiary alicyclic amines) is 1. The summed E-state index contributed by atoms with van der Waals surface area (Å²) in [5.41, 5.74) is 3.47. The van der Waals surface area contributed by atoms with Crippen molar-refractivity contribution in [2.24, 2.45) is 0 Å². The Balaban J connectivity index is 1.35. The monoisotopic (exact) mass is 417 g/mol. The van der Waals surface area contributed by atoms with Gasteiger partial charge in [-0.3, -0.25) is 14.3 Å². The second-order valence-corrected chi connectivity index (χ2v) is 8.67. The van der Waals surface area contributed by atoms with Gasteiger partial charge in [0.2, 0.25) is 5.88 Å². The van der Waals surface area contributed by atoms with Crippen molar-refractivity contribution in [1.82, 2.24) is 24.6 Å². The number of methoxy groups -OCH3 is 1. The van der Waals surface area contributed by atoms with E-state index in [0.717, 1.165) is 68.0 Å². The summed E-state index contributed by atoms with van der Waals surface area (Å²) < 4.78 is 7.26. The molecule has 3 aromatic rings. The van der Waals surface area contributed by atoms with Gasteiger partial charge >= 0.3 is 0 Å². The predicted octanol–water partition coefficient (Wildman–Crippen LogP) is 2.95. The molecule has 1 spiro atoms. The molecule has 0 saturated carbocycles. The molecule has 1 saturated heterocycles. The molecule has 7 heteroatoms. The first-order valence-electron chi connectivity index (χ1n) is 10.8. The maximum Gasteiger partial charge on any atom is 0.280 e. The molecule has 0 aliphatic carbocycles. The first-order chi connectivity index (χ1) is 15.1. The van der Waals surface area contributed by atoms with Gasteiger partial charge in [-0.05, 0) is 45.3 Å². The van der Waals surface area contributed by atoms with Crippen molar-refractivity contribution < 1.29 is 4.74 Å². The van der Waals surface area contributed by atoms with Crippen LogP contribution in [0, 0.1) is 6.92 Å². The van der Waals surface area contributed by atoms with Crippen molar-refractivity contribution in [2.75, 3.05) is 20.2 Å². The summed E-state index contributed by atoms with van der Waals surface area (Å²) in [7, 11) is 1.66. The van der Waals surface area contributed by atoms with Crippen molar-refractivity contribution in [1.29, 1.82) is 0 Å². The maximum atomic E-state index is 13.2. The predicted molar refractivity (Wildman–Crippen MR) is 118 cm³/mol. The highest BCUT2D eigenvalue weighted by atomic mass is 16.5. The smallest absolute Gasteiger partial charge is 0.280 e. The van der Waals surface area contributed by atoms with Crippen molar-refractivity contribution in [2.45, 2.75) is 44.7 Å². The van der Waals surface area contributed by atoms with Crippen LogP contribution in [-0.4, -0.2) is 44.8 Å². The van der Waals surface area contributed by atoms with E-state index in [-0.39, 0.29) is 11.0 Å². The fourth-order valence-corrected chi connectivity index (χ4v) is 4.93. The van der Waals surface area contributed by atoms with Crippen LogP contribution in [0.4, 0.5) is 0 Å². The molecule has 7 nitrogen and oxygen atoms in total. The molecule has 160 valence electrons. The molecule has 0 N–H and O–H groups in total. The van der Waals surface area contributed by atoms with E-state index >= 15 is 0 Å². The van der Waals surface area contributed by atoms with E-state index in [0.29, 0.717) is 11.6 Å². The summed E-state index contributed by atoms with van der Waals surface area (Å²) in [6.45, 7) is 5.48. The van der Waals surface area contributed by atoms with Gasteiger partial charge in [0.05, 0.1) is 7.11 Å². The number of fused-ring (bicyclic) bond motifs is 2. The summed E-state index contributed by atoms with van der Waals surface area (Å²) in [5.74, 6) is 1.56. The molecule has 0 radical (unpaired) electrons. The lowest BCUT2D eigenvalue weighted by Gasteiger charge is -2.38. The standard InChI is InChI=1S/C24H27N5O2/c1-17-5-7-18(8-6-17)20-22(30)29-15-11-24(23(29)27-26-20)9-13-28(14-10-24)16-19-4-3-12-25-21(19)31-2/h3-8,12H,9-11,13-16H2,1-2H3. The van der Waals surface area contributed by atoms with Crippen molar-refractivity contribution in [3.63, 3.8) is 0 Å². The summed E-state index contributed by atoms with van der Waals surface area (Å²) in [4.78, 5) is 19.9. The van der Waals surface area contributed by atoms with E-state index in [1.54, 1.807) is 13.3 Å². The zero-order chi connectivity index (χ0) is 21.4. The maximum absolute atomic E-state index is 13.2. The average molecular weight is 418 g/mol. The number of aryl methyl sites for hydroxylation is 1. The molecule has 0 bridgehead atoms. The topological polar surface area (TPSA) is 73.1 Å². The highest BCUT2D eigenvalue weighted by molar-refractivity contribution is 5.58. The number of piperidine rings is 1. The van der Waals surface area contributed by atoms with E-state index in [9.17, 15) is 4.79 Å². The molecule has 2 aromatic heterocycles.